The molecule has 0 bridgehead atoms. The first-order chi connectivity index (χ1) is 13.2. The molecule has 10 heteroatoms. The van der Waals surface area contributed by atoms with E-state index in [2.05, 4.69) is 4.74 Å². The molecule has 0 unspecified atom stereocenters. The fraction of sp³-hybridized carbons (Fsp3) is 0.167. The Morgan fingerprint density at radius 2 is 1.93 bits per heavy atom. The molecule has 0 spiro atoms. The predicted molar refractivity (Wildman–Crippen MR) is 93.8 cm³/mol. The molecule has 1 aliphatic rings. The minimum absolute atomic E-state index is 0.0149. The number of nitrogens with zero attached hydrogens (tertiary/aromatic N) is 1. The van der Waals surface area contributed by atoms with E-state index in [1.54, 1.807) is 0 Å². The van der Waals surface area contributed by atoms with Crippen molar-refractivity contribution in [1.82, 2.24) is 4.90 Å². The van der Waals surface area contributed by atoms with Crippen molar-refractivity contribution in [2.75, 3.05) is 13.7 Å². The van der Waals surface area contributed by atoms with E-state index in [0.29, 0.717) is 16.7 Å². The lowest BCUT2D eigenvalue weighted by Gasteiger charge is -2.10. The van der Waals surface area contributed by atoms with Gasteiger partial charge >= 0.3 is 12.1 Å². The lowest BCUT2D eigenvalue weighted by molar-refractivity contribution is -0.143. The second kappa shape index (κ2) is 7.55. The summed E-state index contributed by atoms with van der Waals surface area (Å²) in [6, 6.07) is 7.66. The van der Waals surface area contributed by atoms with Gasteiger partial charge < -0.3 is 9.15 Å². The highest BCUT2D eigenvalue weighted by atomic mass is 32.2. The fourth-order valence-corrected chi connectivity index (χ4v) is 3.30. The van der Waals surface area contributed by atoms with Crippen molar-refractivity contribution in [2.45, 2.75) is 6.18 Å². The van der Waals surface area contributed by atoms with Crippen molar-refractivity contribution in [2.24, 2.45) is 0 Å². The number of furan rings is 1. The van der Waals surface area contributed by atoms with Crippen LogP contribution < -0.4 is 0 Å². The average molecular weight is 411 g/mol. The first-order valence-electron chi connectivity index (χ1n) is 7.79. The third-order valence-electron chi connectivity index (χ3n) is 3.79. The van der Waals surface area contributed by atoms with Gasteiger partial charge in [0.1, 0.15) is 18.1 Å². The van der Waals surface area contributed by atoms with Gasteiger partial charge in [0.15, 0.2) is 0 Å². The number of carbonyl (C=O) groups is 3. The molecule has 1 aromatic heterocycles. The molecule has 0 radical (unpaired) electrons. The van der Waals surface area contributed by atoms with Crippen molar-refractivity contribution in [3.8, 4) is 11.3 Å². The summed E-state index contributed by atoms with van der Waals surface area (Å²) >= 11 is 0.592. The number of halogens is 3. The molecule has 1 fully saturated rings. The summed E-state index contributed by atoms with van der Waals surface area (Å²) < 4.78 is 49.3. The smallest absolute Gasteiger partial charge is 0.417 e. The number of thioether (sulfide) groups is 1. The van der Waals surface area contributed by atoms with Crippen LogP contribution in [0.15, 0.2) is 45.7 Å². The molecule has 0 saturated carbocycles. The standard InChI is InChI=1S/C18H12F3NO5S/c1-26-15(23)9-22-16(24)14(28-17(22)25)8-10-6-7-13(27-10)11-4-2-3-5-12(11)18(19,20)21/h2-8H,9H2,1H3/b14-8-. The van der Waals surface area contributed by atoms with Crippen LogP contribution in [0, 0.1) is 0 Å². The van der Waals surface area contributed by atoms with E-state index in [9.17, 15) is 27.6 Å². The zero-order valence-electron chi connectivity index (χ0n) is 14.3. The molecule has 0 aliphatic carbocycles. The Bertz CT molecular complexity index is 980. The molecule has 2 amide bonds. The third-order valence-corrected chi connectivity index (χ3v) is 4.69. The largest absolute Gasteiger partial charge is 0.468 e. The fourth-order valence-electron chi connectivity index (χ4n) is 2.48. The molecular formula is C18H12F3NO5S. The highest BCUT2D eigenvalue weighted by molar-refractivity contribution is 8.18. The van der Waals surface area contributed by atoms with Crippen molar-refractivity contribution < 1.29 is 36.7 Å². The Balaban J connectivity index is 1.87. The van der Waals surface area contributed by atoms with E-state index in [1.165, 1.54) is 36.4 Å². The number of methoxy groups -OCH3 is 1. The number of esters is 1. The number of hydrogen-bond donors (Lipinski definition) is 0. The van der Waals surface area contributed by atoms with Gasteiger partial charge in [-0.25, -0.2) is 0 Å². The first-order valence-corrected chi connectivity index (χ1v) is 8.61. The van der Waals surface area contributed by atoms with Gasteiger partial charge in [0.05, 0.1) is 17.6 Å². The van der Waals surface area contributed by atoms with E-state index < -0.39 is 35.4 Å². The van der Waals surface area contributed by atoms with Gasteiger partial charge in [0.25, 0.3) is 11.1 Å². The lowest BCUT2D eigenvalue weighted by Crippen LogP contribution is -2.34. The summed E-state index contributed by atoms with van der Waals surface area (Å²) in [6.07, 6.45) is -3.32. The van der Waals surface area contributed by atoms with Crippen LogP contribution >= 0.6 is 11.8 Å². The lowest BCUT2D eigenvalue weighted by atomic mass is 10.1. The van der Waals surface area contributed by atoms with Crippen LogP contribution in [-0.4, -0.2) is 35.7 Å². The Morgan fingerprint density at radius 1 is 1.21 bits per heavy atom. The van der Waals surface area contributed by atoms with E-state index in [-0.39, 0.29) is 22.0 Å². The minimum atomic E-state index is -4.56. The maximum Gasteiger partial charge on any atom is 0.417 e. The second-order valence-corrected chi connectivity index (χ2v) is 6.58. The summed E-state index contributed by atoms with van der Waals surface area (Å²) in [5.74, 6) is -1.41. The Morgan fingerprint density at radius 3 is 2.61 bits per heavy atom. The Kier molecular flexibility index (Phi) is 5.32. The molecular weight excluding hydrogens is 399 g/mol. The van der Waals surface area contributed by atoms with E-state index >= 15 is 0 Å². The summed E-state index contributed by atoms with van der Waals surface area (Å²) in [4.78, 5) is 36.1. The van der Waals surface area contributed by atoms with Crippen LogP contribution in [-0.2, 0) is 20.5 Å². The highest BCUT2D eigenvalue weighted by Crippen LogP contribution is 2.38. The van der Waals surface area contributed by atoms with Crippen molar-refractivity contribution >= 4 is 35.0 Å². The van der Waals surface area contributed by atoms with E-state index in [0.717, 1.165) is 13.2 Å². The second-order valence-electron chi connectivity index (χ2n) is 5.59. The number of rotatable bonds is 4. The maximum atomic E-state index is 13.2. The first kappa shape index (κ1) is 19.7. The van der Waals surface area contributed by atoms with Crippen molar-refractivity contribution in [3.05, 3.63) is 52.6 Å². The quantitative estimate of drug-likeness (QED) is 0.555. The Hall–Kier alpha value is -3.01. The zero-order chi connectivity index (χ0) is 20.5. The number of hydrogen-bond acceptors (Lipinski definition) is 6. The SMILES string of the molecule is COC(=O)CN1C(=O)S/C(=C\c2ccc(-c3ccccc3C(F)(F)F)o2)C1=O. The highest BCUT2D eigenvalue weighted by Gasteiger charge is 2.37. The third kappa shape index (κ3) is 3.96. The monoisotopic (exact) mass is 411 g/mol. The maximum absolute atomic E-state index is 13.2. The van der Waals surface area contributed by atoms with Gasteiger partial charge in [0.2, 0.25) is 0 Å². The van der Waals surface area contributed by atoms with Crippen LogP contribution in [0.25, 0.3) is 17.4 Å². The summed E-state index contributed by atoms with van der Waals surface area (Å²) in [5, 5.41) is -0.657. The molecule has 146 valence electrons. The van der Waals surface area contributed by atoms with Gasteiger partial charge in [-0.2, -0.15) is 13.2 Å². The normalized spacial score (nSPS) is 16.1. The predicted octanol–water partition coefficient (Wildman–Crippen LogP) is 4.17. The van der Waals surface area contributed by atoms with Crippen molar-refractivity contribution in [3.63, 3.8) is 0 Å². The molecule has 1 aromatic carbocycles. The summed E-state index contributed by atoms with van der Waals surface area (Å²) in [7, 11) is 1.13. The topological polar surface area (TPSA) is 76.8 Å². The number of carbonyl (C=O) groups excluding carboxylic acids is 3. The van der Waals surface area contributed by atoms with Gasteiger partial charge in [-0.3, -0.25) is 19.3 Å². The number of benzene rings is 1. The van der Waals surface area contributed by atoms with Gasteiger partial charge in [-0.1, -0.05) is 18.2 Å². The molecule has 3 rings (SSSR count). The molecule has 1 aliphatic heterocycles. The molecule has 28 heavy (non-hydrogen) atoms. The number of ether oxygens (including phenoxy) is 1. The van der Waals surface area contributed by atoms with Crippen LogP contribution in [0.1, 0.15) is 11.3 Å². The zero-order valence-corrected chi connectivity index (χ0v) is 15.1. The van der Waals surface area contributed by atoms with Crippen LogP contribution in [0.2, 0.25) is 0 Å². The molecule has 0 N–H and O–H groups in total. The van der Waals surface area contributed by atoms with Gasteiger partial charge in [-0.05, 0) is 30.0 Å². The number of amides is 2. The summed E-state index contributed by atoms with van der Waals surface area (Å²) in [5.41, 5.74) is -0.997. The average Bonchev–Trinajstić information content (AvgIpc) is 3.21. The Labute approximate surface area is 160 Å². The van der Waals surface area contributed by atoms with Crippen LogP contribution in [0.3, 0.4) is 0 Å². The van der Waals surface area contributed by atoms with Gasteiger partial charge in [-0.15, -0.1) is 0 Å². The number of imide groups is 1. The van der Waals surface area contributed by atoms with Crippen molar-refractivity contribution in [1.29, 1.82) is 0 Å². The van der Waals surface area contributed by atoms with Crippen LogP contribution in [0.4, 0.5) is 18.0 Å². The van der Waals surface area contributed by atoms with Gasteiger partial charge in [0, 0.05) is 11.6 Å². The van der Waals surface area contributed by atoms with E-state index in [1.807, 2.05) is 0 Å². The molecule has 0 atom stereocenters. The van der Waals surface area contributed by atoms with E-state index in [4.69, 9.17) is 4.42 Å². The molecule has 2 aromatic rings. The molecule has 2 heterocycles. The van der Waals surface area contributed by atoms with Crippen LogP contribution in [0.5, 0.6) is 0 Å². The molecule has 1 saturated heterocycles. The molecule has 6 nitrogen and oxygen atoms in total. The number of alkyl halides is 3. The summed E-state index contributed by atoms with van der Waals surface area (Å²) in [6.45, 7) is -0.527. The minimum Gasteiger partial charge on any atom is -0.468 e.